The summed E-state index contributed by atoms with van der Waals surface area (Å²) < 4.78 is 11.0. The molecule has 0 aliphatic heterocycles. The number of hydrogen-bond acceptors (Lipinski definition) is 3. The molecule has 21 heavy (non-hydrogen) atoms. The minimum atomic E-state index is -0.186. The average Bonchev–Trinajstić information content (AvgIpc) is 2.52. The van der Waals surface area contributed by atoms with Crippen molar-refractivity contribution in [2.75, 3.05) is 13.7 Å². The molecule has 2 aromatic rings. The van der Waals surface area contributed by atoms with Crippen LogP contribution in [-0.2, 0) is 6.61 Å². The highest BCUT2D eigenvalue weighted by Crippen LogP contribution is 2.24. The van der Waals surface area contributed by atoms with E-state index < -0.39 is 0 Å². The molecule has 1 N–H and O–H groups in total. The van der Waals surface area contributed by atoms with Gasteiger partial charge in [0, 0.05) is 0 Å². The van der Waals surface area contributed by atoms with Gasteiger partial charge in [0.2, 0.25) is 0 Å². The summed E-state index contributed by atoms with van der Waals surface area (Å²) in [5.74, 6) is 6.91. The van der Waals surface area contributed by atoms with Crippen LogP contribution in [0.2, 0.25) is 0 Å². The maximum Gasteiger partial charge on any atom is 0.135 e. The first kappa shape index (κ1) is 15.0. The van der Waals surface area contributed by atoms with Gasteiger partial charge in [-0.25, -0.2) is 0 Å². The Hall–Kier alpha value is -2.44. The molecule has 0 fully saturated rings. The van der Waals surface area contributed by atoms with E-state index in [2.05, 4.69) is 24.8 Å². The van der Waals surface area contributed by atoms with Crippen molar-refractivity contribution in [3.05, 3.63) is 59.2 Å². The van der Waals surface area contributed by atoms with Crippen LogP contribution in [0.3, 0.4) is 0 Å². The van der Waals surface area contributed by atoms with Crippen molar-refractivity contribution in [1.29, 1.82) is 0 Å². The summed E-state index contributed by atoms with van der Waals surface area (Å²) in [4.78, 5) is 0. The van der Waals surface area contributed by atoms with Gasteiger partial charge in [-0.3, -0.25) is 0 Å². The maximum atomic E-state index is 8.84. The monoisotopic (exact) mass is 282 g/mol. The molecule has 0 saturated heterocycles. The smallest absolute Gasteiger partial charge is 0.135 e. The van der Waals surface area contributed by atoms with Crippen LogP contribution in [-0.4, -0.2) is 18.8 Å². The fourth-order valence-electron chi connectivity index (χ4n) is 1.92. The number of benzene rings is 2. The molecule has 0 amide bonds. The first-order valence-corrected chi connectivity index (χ1v) is 6.69. The van der Waals surface area contributed by atoms with E-state index in [-0.39, 0.29) is 6.61 Å². The van der Waals surface area contributed by atoms with Crippen LogP contribution in [0.5, 0.6) is 11.5 Å². The van der Waals surface area contributed by atoms with E-state index >= 15 is 0 Å². The molecule has 0 aromatic heterocycles. The van der Waals surface area contributed by atoms with Crippen LogP contribution in [0.1, 0.15) is 16.7 Å². The topological polar surface area (TPSA) is 38.7 Å². The lowest BCUT2D eigenvalue weighted by Crippen LogP contribution is -1.99. The predicted molar refractivity (Wildman–Crippen MR) is 82.5 cm³/mol. The summed E-state index contributed by atoms with van der Waals surface area (Å²) in [6.07, 6.45) is 0. The Morgan fingerprint density at radius 2 is 1.95 bits per heavy atom. The van der Waals surface area contributed by atoms with Gasteiger partial charge in [0.1, 0.15) is 24.7 Å². The number of hydrogen-bond donors (Lipinski definition) is 1. The van der Waals surface area contributed by atoms with E-state index in [1.54, 1.807) is 13.2 Å². The molecule has 0 atom stereocenters. The van der Waals surface area contributed by atoms with E-state index in [1.165, 1.54) is 5.56 Å². The van der Waals surface area contributed by atoms with Crippen molar-refractivity contribution in [3.63, 3.8) is 0 Å². The quantitative estimate of drug-likeness (QED) is 0.876. The SMILES string of the molecule is COc1ccc(OCc2ccccc2C)c(C#CCO)c1. The maximum absolute atomic E-state index is 8.84. The van der Waals surface area contributed by atoms with Gasteiger partial charge in [0.05, 0.1) is 12.7 Å². The van der Waals surface area contributed by atoms with Crippen LogP contribution in [0.4, 0.5) is 0 Å². The van der Waals surface area contributed by atoms with Crippen LogP contribution in [0.15, 0.2) is 42.5 Å². The second kappa shape index (κ2) is 7.37. The van der Waals surface area contributed by atoms with Crippen LogP contribution >= 0.6 is 0 Å². The normalized spacial score (nSPS) is 9.67. The molecule has 2 aromatic carbocycles. The summed E-state index contributed by atoms with van der Waals surface area (Å²) in [6.45, 7) is 2.35. The number of ether oxygens (including phenoxy) is 2. The van der Waals surface area contributed by atoms with Gasteiger partial charge in [-0.05, 0) is 36.2 Å². The summed E-state index contributed by atoms with van der Waals surface area (Å²) in [6, 6.07) is 13.6. The molecular weight excluding hydrogens is 264 g/mol. The minimum Gasteiger partial charge on any atom is -0.497 e. The van der Waals surface area contributed by atoms with E-state index in [4.69, 9.17) is 14.6 Å². The van der Waals surface area contributed by atoms with Crippen LogP contribution < -0.4 is 9.47 Å². The lowest BCUT2D eigenvalue weighted by Gasteiger charge is -2.11. The third-order valence-corrected chi connectivity index (χ3v) is 3.13. The van der Waals surface area contributed by atoms with Gasteiger partial charge < -0.3 is 14.6 Å². The van der Waals surface area contributed by atoms with Crippen molar-refractivity contribution >= 4 is 0 Å². The molecule has 0 spiro atoms. The first-order valence-electron chi connectivity index (χ1n) is 6.69. The zero-order chi connectivity index (χ0) is 15.1. The van der Waals surface area contributed by atoms with Gasteiger partial charge in [0.15, 0.2) is 0 Å². The number of aryl methyl sites for hydroxylation is 1. The van der Waals surface area contributed by atoms with Gasteiger partial charge in [-0.2, -0.15) is 0 Å². The van der Waals surface area contributed by atoms with E-state index in [0.29, 0.717) is 23.7 Å². The lowest BCUT2D eigenvalue weighted by molar-refractivity contribution is 0.304. The van der Waals surface area contributed by atoms with E-state index in [9.17, 15) is 0 Å². The molecule has 0 aliphatic carbocycles. The van der Waals surface area contributed by atoms with E-state index in [1.807, 2.05) is 30.3 Å². The molecule has 0 saturated carbocycles. The third kappa shape index (κ3) is 4.01. The fourth-order valence-corrected chi connectivity index (χ4v) is 1.92. The number of methoxy groups -OCH3 is 1. The number of rotatable bonds is 4. The molecule has 0 unspecified atom stereocenters. The lowest BCUT2D eigenvalue weighted by atomic mass is 10.1. The van der Waals surface area contributed by atoms with Crippen molar-refractivity contribution in [2.45, 2.75) is 13.5 Å². The number of aliphatic hydroxyl groups excluding tert-OH is 1. The summed E-state index contributed by atoms with van der Waals surface area (Å²) in [7, 11) is 1.60. The fraction of sp³-hybridized carbons (Fsp3) is 0.222. The minimum absolute atomic E-state index is 0.186. The summed E-state index contributed by atoms with van der Waals surface area (Å²) >= 11 is 0. The molecule has 2 rings (SSSR count). The Bertz CT molecular complexity index is 666. The molecule has 0 radical (unpaired) electrons. The molecule has 0 aliphatic rings. The van der Waals surface area contributed by atoms with Gasteiger partial charge in [-0.1, -0.05) is 36.1 Å². The average molecular weight is 282 g/mol. The second-order valence-electron chi connectivity index (χ2n) is 4.54. The largest absolute Gasteiger partial charge is 0.497 e. The Labute approximate surface area is 125 Å². The van der Waals surface area contributed by atoms with E-state index in [0.717, 1.165) is 5.56 Å². The first-order chi connectivity index (χ1) is 10.2. The molecular formula is C18H18O3. The van der Waals surface area contributed by atoms with Gasteiger partial charge in [-0.15, -0.1) is 0 Å². The van der Waals surface area contributed by atoms with Crippen molar-refractivity contribution < 1.29 is 14.6 Å². The summed E-state index contributed by atoms with van der Waals surface area (Å²) in [5.41, 5.74) is 3.03. The van der Waals surface area contributed by atoms with Crippen LogP contribution in [0.25, 0.3) is 0 Å². The highest BCUT2D eigenvalue weighted by Gasteiger charge is 2.05. The predicted octanol–water partition coefficient (Wildman–Crippen LogP) is 2.93. The highest BCUT2D eigenvalue weighted by atomic mass is 16.5. The van der Waals surface area contributed by atoms with Gasteiger partial charge >= 0.3 is 0 Å². The zero-order valence-electron chi connectivity index (χ0n) is 12.2. The van der Waals surface area contributed by atoms with Crippen molar-refractivity contribution in [3.8, 4) is 23.3 Å². The Morgan fingerprint density at radius 3 is 2.67 bits per heavy atom. The summed E-state index contributed by atoms with van der Waals surface area (Å²) in [5, 5.41) is 8.84. The molecule has 108 valence electrons. The Kier molecular flexibility index (Phi) is 5.25. The van der Waals surface area contributed by atoms with Crippen molar-refractivity contribution in [2.24, 2.45) is 0 Å². The molecule has 0 bridgehead atoms. The second-order valence-corrected chi connectivity index (χ2v) is 4.54. The Morgan fingerprint density at radius 1 is 1.14 bits per heavy atom. The Balaban J connectivity index is 2.21. The van der Waals surface area contributed by atoms with Crippen molar-refractivity contribution in [1.82, 2.24) is 0 Å². The molecule has 0 heterocycles. The standard InChI is InChI=1S/C18H18O3/c1-14-6-3-4-7-16(14)13-21-18-10-9-17(20-2)12-15(18)8-5-11-19/h3-4,6-7,9-10,12,19H,11,13H2,1-2H3. The van der Waals surface area contributed by atoms with Gasteiger partial charge in [0.25, 0.3) is 0 Å². The van der Waals surface area contributed by atoms with Crippen LogP contribution in [0, 0.1) is 18.8 Å². The molecule has 3 heteroatoms. The highest BCUT2D eigenvalue weighted by molar-refractivity contribution is 5.50. The zero-order valence-corrected chi connectivity index (χ0v) is 12.2. The third-order valence-electron chi connectivity index (χ3n) is 3.13. The number of aliphatic hydroxyl groups is 1. The molecule has 3 nitrogen and oxygen atoms in total.